The van der Waals surface area contributed by atoms with E-state index in [1.807, 2.05) is 0 Å². The molecule has 26 heavy (non-hydrogen) atoms. The van der Waals surface area contributed by atoms with E-state index < -0.39 is 16.8 Å². The zero-order valence-corrected chi connectivity index (χ0v) is 15.0. The van der Waals surface area contributed by atoms with Gasteiger partial charge in [0.05, 0.1) is 17.1 Å². The van der Waals surface area contributed by atoms with Crippen molar-refractivity contribution in [1.29, 1.82) is 0 Å². The number of amides is 1. The molecule has 8 heteroatoms. The van der Waals surface area contributed by atoms with Crippen LogP contribution in [0.5, 0.6) is 0 Å². The van der Waals surface area contributed by atoms with Crippen LogP contribution in [0.3, 0.4) is 0 Å². The summed E-state index contributed by atoms with van der Waals surface area (Å²) in [5, 5.41) is 13.8. The van der Waals surface area contributed by atoms with Gasteiger partial charge in [0.15, 0.2) is 0 Å². The first-order valence-corrected chi connectivity index (χ1v) is 8.98. The second kappa shape index (κ2) is 9.86. The van der Waals surface area contributed by atoms with Gasteiger partial charge in [0.25, 0.3) is 11.6 Å². The van der Waals surface area contributed by atoms with Crippen LogP contribution in [0.15, 0.2) is 18.2 Å². The van der Waals surface area contributed by atoms with Crippen molar-refractivity contribution >= 4 is 17.6 Å². The molecule has 1 N–H and O–H groups in total. The molecule has 0 aromatic heterocycles. The SMILES string of the molecule is CCOC(=O)c1cc(C(=O)NCCCN2CCCCC2)cc([N+](=O)[O-])c1. The van der Waals surface area contributed by atoms with Crippen LogP contribution in [-0.2, 0) is 4.74 Å². The van der Waals surface area contributed by atoms with Gasteiger partial charge in [-0.2, -0.15) is 0 Å². The van der Waals surface area contributed by atoms with Crippen LogP contribution in [0.4, 0.5) is 5.69 Å². The fourth-order valence-electron chi connectivity index (χ4n) is 2.97. The maximum absolute atomic E-state index is 12.3. The van der Waals surface area contributed by atoms with Gasteiger partial charge in [-0.25, -0.2) is 4.79 Å². The van der Waals surface area contributed by atoms with Crippen LogP contribution < -0.4 is 5.32 Å². The minimum Gasteiger partial charge on any atom is -0.462 e. The number of nitrogens with zero attached hydrogens (tertiary/aromatic N) is 2. The molecule has 0 bridgehead atoms. The normalized spacial score (nSPS) is 14.7. The summed E-state index contributed by atoms with van der Waals surface area (Å²) in [6, 6.07) is 3.61. The average Bonchev–Trinajstić information content (AvgIpc) is 2.65. The number of non-ortho nitro benzene ring substituents is 1. The molecule has 0 radical (unpaired) electrons. The molecule has 0 saturated carbocycles. The number of likely N-dealkylation sites (tertiary alicyclic amines) is 1. The first kappa shape index (κ1) is 19.8. The third kappa shape index (κ3) is 5.80. The highest BCUT2D eigenvalue weighted by molar-refractivity contribution is 5.98. The van der Waals surface area contributed by atoms with Crippen molar-refractivity contribution in [3.05, 3.63) is 39.4 Å². The maximum Gasteiger partial charge on any atom is 0.338 e. The van der Waals surface area contributed by atoms with Gasteiger partial charge >= 0.3 is 5.97 Å². The van der Waals surface area contributed by atoms with Crippen LogP contribution in [0, 0.1) is 10.1 Å². The smallest absolute Gasteiger partial charge is 0.338 e. The Morgan fingerprint density at radius 2 is 1.88 bits per heavy atom. The molecule has 142 valence electrons. The van der Waals surface area contributed by atoms with Crippen LogP contribution >= 0.6 is 0 Å². The Hall–Kier alpha value is -2.48. The number of nitro groups is 1. The molecule has 0 atom stereocenters. The Kier molecular flexibility index (Phi) is 7.53. The number of carbonyl (C=O) groups excluding carboxylic acids is 2. The number of hydrogen-bond acceptors (Lipinski definition) is 6. The summed E-state index contributed by atoms with van der Waals surface area (Å²) in [6.07, 6.45) is 4.53. The van der Waals surface area contributed by atoms with Gasteiger partial charge in [0, 0.05) is 24.2 Å². The maximum atomic E-state index is 12.3. The number of nitrogens with one attached hydrogen (secondary N) is 1. The highest BCUT2D eigenvalue weighted by atomic mass is 16.6. The highest BCUT2D eigenvalue weighted by Crippen LogP contribution is 2.18. The second-order valence-corrected chi connectivity index (χ2v) is 6.26. The van der Waals surface area contributed by atoms with Crippen molar-refractivity contribution in [3.63, 3.8) is 0 Å². The van der Waals surface area contributed by atoms with Gasteiger partial charge in [-0.3, -0.25) is 14.9 Å². The van der Waals surface area contributed by atoms with E-state index in [0.29, 0.717) is 6.54 Å². The zero-order valence-electron chi connectivity index (χ0n) is 15.0. The van der Waals surface area contributed by atoms with E-state index in [1.165, 1.54) is 31.4 Å². The standard InChI is InChI=1S/C18H25N3O5/c1-2-26-18(23)15-11-14(12-16(13-15)21(24)25)17(22)19-7-6-10-20-8-4-3-5-9-20/h11-13H,2-10H2,1H3,(H,19,22). The van der Waals surface area contributed by atoms with Crippen molar-refractivity contribution in [3.8, 4) is 0 Å². The summed E-state index contributed by atoms with van der Waals surface area (Å²) in [4.78, 5) is 37.0. The minimum absolute atomic E-state index is 0.000447. The molecule has 1 saturated heterocycles. The van der Waals surface area contributed by atoms with Crippen molar-refractivity contribution in [2.24, 2.45) is 0 Å². The van der Waals surface area contributed by atoms with Gasteiger partial charge in [-0.1, -0.05) is 6.42 Å². The molecule has 0 spiro atoms. The van der Waals surface area contributed by atoms with Gasteiger partial charge in [0.1, 0.15) is 0 Å². The lowest BCUT2D eigenvalue weighted by atomic mass is 10.1. The lowest BCUT2D eigenvalue weighted by Gasteiger charge is -2.26. The predicted molar refractivity (Wildman–Crippen MR) is 96.3 cm³/mol. The molecule has 1 amide bonds. The number of rotatable bonds is 8. The Morgan fingerprint density at radius 3 is 2.54 bits per heavy atom. The summed E-state index contributed by atoms with van der Waals surface area (Å²) in [5.41, 5.74) is -0.228. The fourth-order valence-corrected chi connectivity index (χ4v) is 2.97. The van der Waals surface area contributed by atoms with Gasteiger partial charge in [0.2, 0.25) is 0 Å². The number of nitro benzene ring substituents is 1. The molecule has 0 aliphatic carbocycles. The zero-order chi connectivity index (χ0) is 18.9. The molecule has 1 aromatic rings. The predicted octanol–water partition coefficient (Wildman–Crippen LogP) is 2.38. The number of hydrogen-bond donors (Lipinski definition) is 1. The summed E-state index contributed by atoms with van der Waals surface area (Å²) in [5.74, 6) is -1.12. The minimum atomic E-state index is -0.685. The molecule has 1 aliphatic heterocycles. The number of esters is 1. The van der Waals surface area contributed by atoms with Crippen molar-refractivity contribution < 1.29 is 19.2 Å². The van der Waals surface area contributed by atoms with Crippen LogP contribution in [0.25, 0.3) is 0 Å². The first-order chi connectivity index (χ1) is 12.5. The van der Waals surface area contributed by atoms with E-state index in [9.17, 15) is 19.7 Å². The van der Waals surface area contributed by atoms with Crippen LogP contribution in [0.1, 0.15) is 53.3 Å². The van der Waals surface area contributed by atoms with E-state index in [4.69, 9.17) is 4.74 Å². The summed E-state index contributed by atoms with van der Waals surface area (Å²) >= 11 is 0. The Morgan fingerprint density at radius 1 is 1.19 bits per heavy atom. The third-order valence-electron chi connectivity index (χ3n) is 4.29. The van der Waals surface area contributed by atoms with Gasteiger partial charge < -0.3 is 15.0 Å². The van der Waals surface area contributed by atoms with Crippen molar-refractivity contribution in [2.75, 3.05) is 32.8 Å². The monoisotopic (exact) mass is 363 g/mol. The van der Waals surface area contributed by atoms with Crippen molar-refractivity contribution in [1.82, 2.24) is 10.2 Å². The molecule has 1 fully saturated rings. The molecular formula is C18H25N3O5. The highest BCUT2D eigenvalue weighted by Gasteiger charge is 2.18. The number of ether oxygens (including phenoxy) is 1. The Balaban J connectivity index is 1.95. The van der Waals surface area contributed by atoms with E-state index in [0.717, 1.165) is 32.1 Å². The third-order valence-corrected chi connectivity index (χ3v) is 4.29. The van der Waals surface area contributed by atoms with E-state index in [1.54, 1.807) is 6.92 Å². The van der Waals surface area contributed by atoms with Gasteiger partial charge in [-0.15, -0.1) is 0 Å². The number of piperidine rings is 1. The summed E-state index contributed by atoms with van der Waals surface area (Å²) < 4.78 is 4.86. The summed E-state index contributed by atoms with van der Waals surface area (Å²) in [7, 11) is 0. The molecule has 8 nitrogen and oxygen atoms in total. The lowest BCUT2D eigenvalue weighted by Crippen LogP contribution is -2.33. The number of benzene rings is 1. The molecule has 2 rings (SSSR count). The molecule has 1 heterocycles. The van der Waals surface area contributed by atoms with Crippen LogP contribution in [-0.4, -0.2) is 54.5 Å². The molecule has 1 aliphatic rings. The first-order valence-electron chi connectivity index (χ1n) is 8.98. The molecular weight excluding hydrogens is 338 g/mol. The topological polar surface area (TPSA) is 102 Å². The van der Waals surface area contributed by atoms with E-state index in [2.05, 4.69) is 10.2 Å². The van der Waals surface area contributed by atoms with E-state index in [-0.39, 0.29) is 23.4 Å². The molecule has 0 unspecified atom stereocenters. The molecule has 1 aromatic carbocycles. The number of carbonyl (C=O) groups is 2. The fraction of sp³-hybridized carbons (Fsp3) is 0.556. The van der Waals surface area contributed by atoms with E-state index >= 15 is 0 Å². The Bertz CT molecular complexity index is 656. The summed E-state index contributed by atoms with van der Waals surface area (Å²) in [6.45, 7) is 5.39. The average molecular weight is 363 g/mol. The van der Waals surface area contributed by atoms with Crippen molar-refractivity contribution in [2.45, 2.75) is 32.6 Å². The quantitative estimate of drug-likeness (QED) is 0.329. The van der Waals surface area contributed by atoms with Gasteiger partial charge in [-0.05, 0) is 51.9 Å². The lowest BCUT2D eigenvalue weighted by molar-refractivity contribution is -0.384. The largest absolute Gasteiger partial charge is 0.462 e. The second-order valence-electron chi connectivity index (χ2n) is 6.26. The Labute approximate surface area is 152 Å². The van der Waals surface area contributed by atoms with Crippen LogP contribution in [0.2, 0.25) is 0 Å².